The van der Waals surface area contributed by atoms with E-state index in [1.165, 1.54) is 131 Å². The summed E-state index contributed by atoms with van der Waals surface area (Å²) in [5, 5.41) is 16.4. The number of nitrogens with zero attached hydrogens (tertiary/aromatic N) is 4. The monoisotopic (exact) mass is 1060 g/mol. The maximum absolute atomic E-state index is 2.51. The largest absolute Gasteiger partial charge is 0.310 e. The molecule has 1 aliphatic rings. The molecule has 3 heterocycles. The molecule has 4 heteroatoms. The van der Waals surface area contributed by atoms with Gasteiger partial charge in [-0.15, -0.1) is 0 Å². The number of rotatable bonds is 7. The number of allylic oxidation sites excluding steroid dienone is 2. The molecule has 0 bridgehead atoms. The van der Waals surface area contributed by atoms with Crippen LogP contribution in [0.4, 0.5) is 17.1 Å². The quantitative estimate of drug-likeness (QED) is 0.156. The molecule has 1 aliphatic carbocycles. The van der Waals surface area contributed by atoms with Crippen LogP contribution in [-0.2, 0) is 6.42 Å². The van der Waals surface area contributed by atoms with E-state index in [2.05, 4.69) is 312 Å². The van der Waals surface area contributed by atoms with Gasteiger partial charge in [0.25, 0.3) is 0 Å². The molecular weight excluding hydrogens is 1000 g/mol. The first kappa shape index (κ1) is 47.2. The molecule has 13 aromatic carbocycles. The predicted molar refractivity (Wildman–Crippen MR) is 354 cm³/mol. The van der Waals surface area contributed by atoms with Crippen LogP contribution in [0.15, 0.2) is 267 Å². The van der Waals surface area contributed by atoms with Crippen LogP contribution < -0.4 is 4.90 Å². The summed E-state index contributed by atoms with van der Waals surface area (Å²) in [5.74, 6) is 0. The minimum atomic E-state index is 0.849. The van der Waals surface area contributed by atoms with Gasteiger partial charge in [0.1, 0.15) is 0 Å². The molecule has 0 spiro atoms. The first-order valence-corrected chi connectivity index (χ1v) is 28.9. The van der Waals surface area contributed by atoms with Gasteiger partial charge in [-0.3, -0.25) is 0 Å². The average molecular weight is 1060 g/mol. The highest BCUT2D eigenvalue weighted by Crippen LogP contribution is 2.47. The van der Waals surface area contributed by atoms with Crippen LogP contribution in [0.5, 0.6) is 0 Å². The smallest absolute Gasteiger partial charge is 0.0619 e. The zero-order chi connectivity index (χ0) is 54.9. The molecule has 0 N–H and O–H groups in total. The lowest BCUT2D eigenvalue weighted by molar-refractivity contribution is 1.11. The van der Waals surface area contributed by atoms with Gasteiger partial charge < -0.3 is 18.6 Å². The number of anilines is 3. The summed E-state index contributed by atoms with van der Waals surface area (Å²) in [5.41, 5.74) is 20.2. The molecule has 0 aliphatic heterocycles. The van der Waals surface area contributed by atoms with Crippen molar-refractivity contribution in [1.82, 2.24) is 13.7 Å². The molecule has 16 aromatic rings. The molecule has 390 valence electrons. The fourth-order valence-corrected chi connectivity index (χ4v) is 14.2. The minimum Gasteiger partial charge on any atom is -0.310 e. The van der Waals surface area contributed by atoms with E-state index in [-0.39, 0.29) is 0 Å². The Kier molecular flexibility index (Phi) is 10.5. The fourth-order valence-electron chi connectivity index (χ4n) is 14.2. The summed E-state index contributed by atoms with van der Waals surface area (Å²) >= 11 is 0. The molecule has 0 fully saturated rings. The predicted octanol–water partition coefficient (Wildman–Crippen LogP) is 21.5. The fraction of sp³-hybridized carbons (Fsp3) is 0.0380. The number of hydrogen-bond acceptors (Lipinski definition) is 1. The second kappa shape index (κ2) is 18.4. The van der Waals surface area contributed by atoms with Crippen LogP contribution >= 0.6 is 0 Å². The third kappa shape index (κ3) is 7.06. The third-order valence-electron chi connectivity index (χ3n) is 17.8. The molecule has 3 aromatic heterocycles. The summed E-state index contributed by atoms with van der Waals surface area (Å²) in [6.07, 6.45) is 9.92. The van der Waals surface area contributed by atoms with Crippen molar-refractivity contribution in [3.05, 3.63) is 289 Å². The standard InChI is InChI=1S/C79H54N4/c1-3-15-62-50(2)28-47-71-74(62)69-45-29-54-19-7-12-25-66(54)78(69)81(71)59-39-33-56(34-40-59)80(58-37-43-61(44-38-58)83-73-49-32-53-18-5-10-23-64(53)76(73)70-46-30-55-20-8-13-26-67(55)79(70)83)57-35-41-60(42-36-57)82-72-48-31-52-17-4-9-22-63(52)75(72)68-27-14-21-51-16-6-11-24-65(51)77(68)82/h3-26,28-49H,27H2,1-2H3/b15-3-. The zero-order valence-electron chi connectivity index (χ0n) is 46.1. The molecule has 0 atom stereocenters. The summed E-state index contributed by atoms with van der Waals surface area (Å²) in [6, 6.07) is 94.8. The number of benzene rings is 13. The topological polar surface area (TPSA) is 18.0 Å². The van der Waals surface area contributed by atoms with Gasteiger partial charge in [0.05, 0.1) is 33.3 Å². The summed E-state index contributed by atoms with van der Waals surface area (Å²) in [4.78, 5) is 2.42. The van der Waals surface area contributed by atoms with E-state index in [0.29, 0.717) is 0 Å². The lowest BCUT2D eigenvalue weighted by Crippen LogP contribution is -2.11. The maximum Gasteiger partial charge on any atom is 0.0619 e. The van der Waals surface area contributed by atoms with Gasteiger partial charge in [-0.1, -0.05) is 188 Å². The van der Waals surface area contributed by atoms with Crippen molar-refractivity contribution < 1.29 is 0 Å². The molecule has 0 saturated carbocycles. The van der Waals surface area contributed by atoms with E-state index in [1.54, 1.807) is 0 Å². The number of hydrogen-bond donors (Lipinski definition) is 0. The van der Waals surface area contributed by atoms with Crippen molar-refractivity contribution in [3.63, 3.8) is 0 Å². The van der Waals surface area contributed by atoms with E-state index in [1.807, 2.05) is 0 Å². The van der Waals surface area contributed by atoms with Crippen LogP contribution in [0.3, 0.4) is 0 Å². The van der Waals surface area contributed by atoms with Crippen LogP contribution in [-0.4, -0.2) is 13.7 Å². The Labute approximate surface area is 480 Å². The Balaban J connectivity index is 0.860. The Morgan fingerprint density at radius 2 is 0.807 bits per heavy atom. The number of fused-ring (bicyclic) bond motifs is 19. The molecule has 4 nitrogen and oxygen atoms in total. The minimum absolute atomic E-state index is 0.849. The van der Waals surface area contributed by atoms with Gasteiger partial charge in [-0.05, 0) is 166 Å². The highest BCUT2D eigenvalue weighted by molar-refractivity contribution is 6.26. The van der Waals surface area contributed by atoms with Crippen molar-refractivity contribution in [1.29, 1.82) is 0 Å². The Hall–Kier alpha value is -10.7. The number of aryl methyl sites for hydroxylation is 1. The molecular formula is C79H54N4. The highest BCUT2D eigenvalue weighted by Gasteiger charge is 2.26. The maximum atomic E-state index is 2.51. The Bertz CT molecular complexity index is 5410. The average Bonchev–Trinajstić information content (AvgIpc) is 3.07. The Morgan fingerprint density at radius 3 is 1.37 bits per heavy atom. The summed E-state index contributed by atoms with van der Waals surface area (Å²) in [6.45, 7) is 4.34. The van der Waals surface area contributed by atoms with E-state index in [4.69, 9.17) is 0 Å². The molecule has 0 radical (unpaired) electrons. The van der Waals surface area contributed by atoms with Gasteiger partial charge in [-0.25, -0.2) is 0 Å². The summed E-state index contributed by atoms with van der Waals surface area (Å²) < 4.78 is 7.48. The zero-order valence-corrected chi connectivity index (χ0v) is 46.1. The third-order valence-corrected chi connectivity index (χ3v) is 17.8. The molecule has 17 rings (SSSR count). The molecule has 0 unspecified atom stereocenters. The van der Waals surface area contributed by atoms with E-state index < -0.39 is 0 Å². The van der Waals surface area contributed by atoms with Crippen LogP contribution in [0.25, 0.3) is 138 Å². The van der Waals surface area contributed by atoms with Crippen LogP contribution in [0, 0.1) is 6.92 Å². The molecule has 83 heavy (non-hydrogen) atoms. The SMILES string of the molecule is C/C=C\c1c(C)ccc2c1c1ccc3ccccc3c1n2-c1ccc(N(c2ccc(-n3c4c(c5c6ccccc6ccc53)CC=Cc3ccccc3-4)cc2)c2ccc(-n3c4ccc5ccccc5c4c4ccc5ccccc5c43)cc2)cc1. The molecule has 0 amide bonds. The van der Waals surface area contributed by atoms with Gasteiger partial charge in [0.15, 0.2) is 0 Å². The van der Waals surface area contributed by atoms with Gasteiger partial charge >= 0.3 is 0 Å². The Morgan fingerprint density at radius 1 is 0.373 bits per heavy atom. The first-order valence-electron chi connectivity index (χ1n) is 28.9. The second-order valence-corrected chi connectivity index (χ2v) is 22.3. The molecule has 0 saturated heterocycles. The van der Waals surface area contributed by atoms with E-state index in [9.17, 15) is 0 Å². The van der Waals surface area contributed by atoms with Crippen LogP contribution in [0.1, 0.15) is 29.2 Å². The lowest BCUT2D eigenvalue weighted by Gasteiger charge is -2.26. The van der Waals surface area contributed by atoms with Crippen LogP contribution in [0.2, 0.25) is 0 Å². The van der Waals surface area contributed by atoms with Gasteiger partial charge in [-0.2, -0.15) is 0 Å². The van der Waals surface area contributed by atoms with Gasteiger partial charge in [0.2, 0.25) is 0 Å². The lowest BCUT2D eigenvalue weighted by atomic mass is 9.98. The number of aromatic nitrogens is 3. The van der Waals surface area contributed by atoms with E-state index >= 15 is 0 Å². The van der Waals surface area contributed by atoms with Crippen molar-refractivity contribution in [3.8, 4) is 28.3 Å². The highest BCUT2D eigenvalue weighted by atomic mass is 15.1. The summed E-state index contributed by atoms with van der Waals surface area (Å²) in [7, 11) is 0. The van der Waals surface area contributed by atoms with Crippen molar-refractivity contribution in [2.24, 2.45) is 0 Å². The normalized spacial score (nSPS) is 12.6. The van der Waals surface area contributed by atoms with Crippen molar-refractivity contribution in [2.75, 3.05) is 4.90 Å². The second-order valence-electron chi connectivity index (χ2n) is 22.3. The van der Waals surface area contributed by atoms with Crippen molar-refractivity contribution >= 4 is 127 Å². The first-order chi connectivity index (χ1) is 41.1. The van der Waals surface area contributed by atoms with E-state index in [0.717, 1.165) is 40.5 Å². The van der Waals surface area contributed by atoms with Crippen molar-refractivity contribution in [2.45, 2.75) is 20.3 Å². The van der Waals surface area contributed by atoms with Gasteiger partial charge in [0, 0.05) is 77.4 Å².